The Morgan fingerprint density at radius 2 is 2.13 bits per heavy atom. The molecule has 1 saturated carbocycles. The van der Waals surface area contributed by atoms with Gasteiger partial charge >= 0.3 is 0 Å². The lowest BCUT2D eigenvalue weighted by atomic mass is 9.96. The van der Waals surface area contributed by atoms with Gasteiger partial charge in [-0.25, -0.2) is 0 Å². The van der Waals surface area contributed by atoms with E-state index in [1.807, 2.05) is 18.2 Å². The van der Waals surface area contributed by atoms with Crippen LogP contribution in [0, 0.1) is 12.3 Å². The zero-order chi connectivity index (χ0) is 10.7. The molecule has 1 aliphatic rings. The summed E-state index contributed by atoms with van der Waals surface area (Å²) in [5, 5.41) is 10.0. The maximum Gasteiger partial charge on any atom is 0.0801 e. The van der Waals surface area contributed by atoms with E-state index in [1.165, 1.54) is 18.4 Å². The Balaban J connectivity index is 2.15. The highest BCUT2D eigenvalue weighted by Gasteiger charge is 2.27. The molecule has 1 aliphatic carbocycles. The van der Waals surface area contributed by atoms with Crippen LogP contribution < -0.4 is 0 Å². The van der Waals surface area contributed by atoms with Gasteiger partial charge in [-0.05, 0) is 36.3 Å². The molecule has 1 N–H and O–H groups in total. The Kier molecular flexibility index (Phi) is 3.08. The molecule has 1 nitrogen and oxygen atoms in total. The number of aliphatic hydroxyl groups excluding tert-OH is 1. The van der Waals surface area contributed by atoms with Crippen LogP contribution in [0.15, 0.2) is 24.3 Å². The van der Waals surface area contributed by atoms with Crippen molar-refractivity contribution in [3.05, 3.63) is 35.4 Å². The van der Waals surface area contributed by atoms with E-state index in [0.29, 0.717) is 18.8 Å². The maximum absolute atomic E-state index is 10.0. The van der Waals surface area contributed by atoms with E-state index in [1.54, 1.807) is 0 Å². The summed E-state index contributed by atoms with van der Waals surface area (Å²) in [4.78, 5) is 0. The van der Waals surface area contributed by atoms with Crippen molar-refractivity contribution in [1.82, 2.24) is 0 Å². The lowest BCUT2D eigenvalue weighted by molar-refractivity contribution is 0.168. The van der Waals surface area contributed by atoms with E-state index in [-0.39, 0.29) is 0 Å². The number of rotatable bonds is 4. The molecule has 0 aromatic heterocycles. The number of hydrogen-bond acceptors (Lipinski definition) is 1. The van der Waals surface area contributed by atoms with E-state index in [9.17, 15) is 5.11 Å². The molecule has 1 aromatic carbocycles. The summed E-state index contributed by atoms with van der Waals surface area (Å²) in [6.07, 6.45) is 8.64. The van der Waals surface area contributed by atoms with Crippen LogP contribution in [0.5, 0.6) is 0 Å². The van der Waals surface area contributed by atoms with Crippen LogP contribution in [0.4, 0.5) is 0 Å². The van der Waals surface area contributed by atoms with Gasteiger partial charge in [0.2, 0.25) is 0 Å². The molecule has 0 spiro atoms. The van der Waals surface area contributed by atoms with Crippen molar-refractivity contribution in [3.63, 3.8) is 0 Å². The van der Waals surface area contributed by atoms with Gasteiger partial charge in [-0.15, -0.1) is 12.3 Å². The van der Waals surface area contributed by atoms with Crippen LogP contribution in [0.1, 0.15) is 48.8 Å². The lowest BCUT2D eigenvalue weighted by Crippen LogP contribution is -2.01. The first-order valence-corrected chi connectivity index (χ1v) is 5.53. The van der Waals surface area contributed by atoms with Crippen LogP contribution in [0.25, 0.3) is 0 Å². The molecule has 0 heterocycles. The minimum atomic E-state index is -0.391. The second-order valence-corrected chi connectivity index (χ2v) is 4.16. The van der Waals surface area contributed by atoms with E-state index < -0.39 is 6.10 Å². The number of terminal acetylenes is 1. The molecular formula is C14H16O. The Labute approximate surface area is 91.1 Å². The number of aliphatic hydroxyl groups is 1. The normalized spacial score (nSPS) is 17.1. The van der Waals surface area contributed by atoms with E-state index >= 15 is 0 Å². The average molecular weight is 200 g/mol. The van der Waals surface area contributed by atoms with E-state index in [0.717, 1.165) is 5.56 Å². The van der Waals surface area contributed by atoms with Crippen LogP contribution in [0.2, 0.25) is 0 Å². The van der Waals surface area contributed by atoms with Crippen molar-refractivity contribution in [1.29, 1.82) is 0 Å². The van der Waals surface area contributed by atoms with Crippen molar-refractivity contribution in [3.8, 4) is 12.3 Å². The fourth-order valence-corrected chi connectivity index (χ4v) is 1.96. The summed E-state index contributed by atoms with van der Waals surface area (Å²) in [6, 6.07) is 8.19. The molecule has 0 radical (unpaired) electrons. The van der Waals surface area contributed by atoms with Crippen LogP contribution in [-0.2, 0) is 0 Å². The summed E-state index contributed by atoms with van der Waals surface area (Å²) in [5.41, 5.74) is 2.40. The third-order valence-electron chi connectivity index (χ3n) is 2.93. The summed E-state index contributed by atoms with van der Waals surface area (Å²) in [6.45, 7) is 0. The first-order valence-electron chi connectivity index (χ1n) is 5.53. The molecular weight excluding hydrogens is 184 g/mol. The predicted octanol–water partition coefficient (Wildman–Crippen LogP) is 3.01. The second-order valence-electron chi connectivity index (χ2n) is 4.16. The van der Waals surface area contributed by atoms with E-state index in [2.05, 4.69) is 12.0 Å². The summed E-state index contributed by atoms with van der Waals surface area (Å²) < 4.78 is 0. The minimum Gasteiger partial charge on any atom is -0.388 e. The van der Waals surface area contributed by atoms with Crippen molar-refractivity contribution in [2.24, 2.45) is 0 Å². The Hall–Kier alpha value is -1.26. The first kappa shape index (κ1) is 10.3. The molecule has 78 valence electrons. The molecule has 0 aliphatic heterocycles. The third-order valence-corrected chi connectivity index (χ3v) is 2.93. The second kappa shape index (κ2) is 4.51. The fourth-order valence-electron chi connectivity index (χ4n) is 1.96. The summed E-state index contributed by atoms with van der Waals surface area (Å²) in [7, 11) is 0. The molecule has 1 atom stereocenters. The molecule has 1 unspecified atom stereocenters. The molecule has 0 amide bonds. The zero-order valence-corrected chi connectivity index (χ0v) is 8.82. The molecule has 1 aromatic rings. The van der Waals surface area contributed by atoms with Crippen LogP contribution in [-0.4, -0.2) is 5.11 Å². The molecule has 15 heavy (non-hydrogen) atoms. The summed E-state index contributed by atoms with van der Waals surface area (Å²) in [5.74, 6) is 3.25. The van der Waals surface area contributed by atoms with Crippen LogP contribution >= 0.6 is 0 Å². The smallest absolute Gasteiger partial charge is 0.0801 e. The maximum atomic E-state index is 10.0. The van der Waals surface area contributed by atoms with Gasteiger partial charge in [-0.1, -0.05) is 24.3 Å². The molecule has 0 bridgehead atoms. The topological polar surface area (TPSA) is 20.2 Å². The molecule has 1 fully saturated rings. The zero-order valence-electron chi connectivity index (χ0n) is 8.82. The monoisotopic (exact) mass is 200 g/mol. The third kappa shape index (κ3) is 2.40. The Morgan fingerprint density at radius 1 is 1.40 bits per heavy atom. The molecule has 1 heteroatoms. The van der Waals surface area contributed by atoms with Gasteiger partial charge in [0.15, 0.2) is 0 Å². The van der Waals surface area contributed by atoms with Crippen LogP contribution in [0.3, 0.4) is 0 Å². The van der Waals surface area contributed by atoms with Gasteiger partial charge in [-0.3, -0.25) is 0 Å². The molecule has 0 saturated heterocycles. The summed E-state index contributed by atoms with van der Waals surface area (Å²) >= 11 is 0. The number of hydrogen-bond donors (Lipinski definition) is 1. The quantitative estimate of drug-likeness (QED) is 0.741. The van der Waals surface area contributed by atoms with Gasteiger partial charge in [-0.2, -0.15) is 0 Å². The Morgan fingerprint density at radius 3 is 2.80 bits per heavy atom. The van der Waals surface area contributed by atoms with Gasteiger partial charge in [0.05, 0.1) is 6.10 Å². The SMILES string of the molecule is C#CCCC(O)c1ccccc1C1CC1. The highest BCUT2D eigenvalue weighted by atomic mass is 16.3. The fraction of sp³-hybridized carbons (Fsp3) is 0.429. The first-order chi connectivity index (χ1) is 7.33. The highest BCUT2D eigenvalue weighted by molar-refractivity contribution is 5.34. The van der Waals surface area contributed by atoms with Gasteiger partial charge < -0.3 is 5.11 Å². The minimum absolute atomic E-state index is 0.391. The predicted molar refractivity (Wildman–Crippen MR) is 61.4 cm³/mol. The highest BCUT2D eigenvalue weighted by Crippen LogP contribution is 2.43. The van der Waals surface area contributed by atoms with Crippen molar-refractivity contribution >= 4 is 0 Å². The largest absolute Gasteiger partial charge is 0.388 e. The van der Waals surface area contributed by atoms with E-state index in [4.69, 9.17) is 6.42 Å². The Bertz CT molecular complexity index is 371. The number of benzene rings is 1. The van der Waals surface area contributed by atoms with Crippen molar-refractivity contribution in [2.75, 3.05) is 0 Å². The van der Waals surface area contributed by atoms with Crippen molar-refractivity contribution < 1.29 is 5.11 Å². The van der Waals surface area contributed by atoms with Gasteiger partial charge in [0, 0.05) is 6.42 Å². The van der Waals surface area contributed by atoms with Gasteiger partial charge in [0.1, 0.15) is 0 Å². The average Bonchev–Trinajstić information content (AvgIpc) is 3.09. The van der Waals surface area contributed by atoms with Crippen molar-refractivity contribution in [2.45, 2.75) is 37.7 Å². The molecule has 2 rings (SSSR count). The lowest BCUT2D eigenvalue weighted by Gasteiger charge is -2.14. The van der Waals surface area contributed by atoms with Gasteiger partial charge in [0.25, 0.3) is 0 Å². The standard InChI is InChI=1S/C14H16O/c1-2-3-8-14(15)13-7-5-4-6-12(13)11-9-10-11/h1,4-7,11,14-15H,3,8-10H2.